The van der Waals surface area contributed by atoms with Crippen molar-refractivity contribution >= 4 is 24.3 Å². The van der Waals surface area contributed by atoms with Crippen molar-refractivity contribution in [1.29, 1.82) is 0 Å². The van der Waals surface area contributed by atoms with Gasteiger partial charge >= 0.3 is 0 Å². The van der Waals surface area contributed by atoms with Crippen LogP contribution in [0.3, 0.4) is 0 Å². The Morgan fingerprint density at radius 2 is 1.44 bits per heavy atom. The minimum Gasteiger partial charge on any atom is -0.315 e. The van der Waals surface area contributed by atoms with E-state index in [2.05, 4.69) is 83.3 Å². The lowest BCUT2D eigenvalue weighted by Gasteiger charge is -2.30. The summed E-state index contributed by atoms with van der Waals surface area (Å²) in [5.74, 6) is 0. The molecular weight excluding hydrogens is 252 g/mol. The van der Waals surface area contributed by atoms with Gasteiger partial charge < -0.3 is 8.81 Å². The third-order valence-corrected chi connectivity index (χ3v) is 8.59. The average molecular weight is 286 g/mol. The van der Waals surface area contributed by atoms with Gasteiger partial charge in [-0.25, -0.2) is 0 Å². The van der Waals surface area contributed by atoms with Crippen LogP contribution in [-0.4, -0.2) is 45.1 Å². The van der Waals surface area contributed by atoms with E-state index in [4.69, 9.17) is 0 Å². The molecule has 0 aliphatic rings. The van der Waals surface area contributed by atoms with Gasteiger partial charge in [0.25, 0.3) is 17.9 Å². The molecule has 4 heteroatoms. The van der Waals surface area contributed by atoms with E-state index in [-0.39, 0.29) is 0 Å². The summed E-state index contributed by atoms with van der Waals surface area (Å²) in [6.07, 6.45) is 2.43. The molecule has 0 aliphatic heterocycles. The summed E-state index contributed by atoms with van der Waals surface area (Å²) in [7, 11) is -0.978. The van der Waals surface area contributed by atoms with Crippen molar-refractivity contribution in [1.82, 2.24) is 4.57 Å². The molecule has 18 heavy (non-hydrogen) atoms. The molecule has 0 aliphatic carbocycles. The summed E-state index contributed by atoms with van der Waals surface area (Å²) in [6, 6.07) is 1.19. The van der Waals surface area contributed by atoms with E-state index in [1.165, 1.54) is 0 Å². The van der Waals surface area contributed by atoms with Gasteiger partial charge in [-0.05, 0) is 52.4 Å². The predicted molar refractivity (Wildman–Crippen MR) is 87.3 cm³/mol. The van der Waals surface area contributed by atoms with Crippen LogP contribution in [0.15, 0.2) is 0 Å². The van der Waals surface area contributed by atoms with Crippen LogP contribution in [0.5, 0.6) is 0 Å². The lowest BCUT2D eigenvalue weighted by molar-refractivity contribution is -0.431. The van der Waals surface area contributed by atoms with Crippen molar-refractivity contribution in [2.24, 2.45) is 0 Å². The largest absolute Gasteiger partial charge is 0.315 e. The fourth-order valence-electron chi connectivity index (χ4n) is 1.89. The van der Waals surface area contributed by atoms with E-state index in [9.17, 15) is 0 Å². The first-order valence-electron chi connectivity index (χ1n) is 7.04. The summed E-state index contributed by atoms with van der Waals surface area (Å²) < 4.78 is 5.20. The standard InChI is InChI=1S/C14H33N2Si2/c1-12(2)15(17(8)9)11-16(13(3)4)18(10)14(5,6)7/h11-13H,1-10H3/q+1. The number of hydrogen-bond donors (Lipinski definition) is 0. The number of hydrogen-bond acceptors (Lipinski definition) is 0. The van der Waals surface area contributed by atoms with Crippen LogP contribution in [-0.2, 0) is 0 Å². The summed E-state index contributed by atoms with van der Waals surface area (Å²) in [5, 5.41) is 0.405. The molecule has 0 N–H and O–H groups in total. The molecule has 0 fully saturated rings. The molecule has 0 unspecified atom stereocenters. The molecule has 2 nitrogen and oxygen atoms in total. The molecule has 0 saturated carbocycles. The molecular formula is C14H33N2Si2+. The van der Waals surface area contributed by atoms with Crippen molar-refractivity contribution < 1.29 is 4.24 Å². The van der Waals surface area contributed by atoms with Crippen LogP contribution in [0.2, 0.25) is 24.7 Å². The highest BCUT2D eigenvalue weighted by molar-refractivity contribution is 6.56. The fourth-order valence-corrected chi connectivity index (χ4v) is 5.24. The number of nitrogens with zero attached hydrogens (tertiary/aromatic N) is 2. The molecule has 0 spiro atoms. The molecule has 0 aromatic heterocycles. The van der Waals surface area contributed by atoms with E-state index in [0.717, 1.165) is 0 Å². The second-order valence-electron chi connectivity index (χ2n) is 6.90. The molecule has 0 bridgehead atoms. The highest BCUT2D eigenvalue weighted by Gasteiger charge is 2.33. The van der Waals surface area contributed by atoms with E-state index < -0.39 is 17.9 Å². The Kier molecular flexibility index (Phi) is 6.86. The van der Waals surface area contributed by atoms with Crippen LogP contribution >= 0.6 is 0 Å². The van der Waals surface area contributed by atoms with Gasteiger partial charge in [0, 0.05) is 0 Å². The highest BCUT2D eigenvalue weighted by Crippen LogP contribution is 2.27. The Hall–Kier alpha value is -0.0962. The Bertz CT molecular complexity index is 270. The third kappa shape index (κ3) is 5.26. The second kappa shape index (κ2) is 6.89. The summed E-state index contributed by atoms with van der Waals surface area (Å²) in [4.78, 5) is 0. The molecule has 0 atom stereocenters. The zero-order valence-electron chi connectivity index (χ0n) is 14.1. The fraction of sp³-hybridized carbons (Fsp3) is 0.929. The Labute approximate surface area is 118 Å². The molecule has 0 heterocycles. The molecule has 2 radical (unpaired) electrons. The molecule has 106 valence electrons. The van der Waals surface area contributed by atoms with Gasteiger partial charge in [0.15, 0.2) is 0 Å². The first-order valence-corrected chi connectivity index (χ1v) is 11.4. The Morgan fingerprint density at radius 3 is 1.67 bits per heavy atom. The van der Waals surface area contributed by atoms with Crippen molar-refractivity contribution in [2.45, 2.75) is 85.2 Å². The second-order valence-corrected chi connectivity index (χ2v) is 12.5. The predicted octanol–water partition coefficient (Wildman–Crippen LogP) is 3.82. The van der Waals surface area contributed by atoms with Crippen LogP contribution in [0.1, 0.15) is 48.5 Å². The van der Waals surface area contributed by atoms with E-state index in [1.54, 1.807) is 0 Å². The minimum atomic E-state index is -0.552. The van der Waals surface area contributed by atoms with Gasteiger partial charge in [-0.1, -0.05) is 20.8 Å². The molecule has 0 amide bonds. The smallest absolute Gasteiger partial charge is 0.297 e. The Balaban J connectivity index is 5.34. The van der Waals surface area contributed by atoms with Gasteiger partial charge in [0.05, 0.1) is 12.1 Å². The third-order valence-electron chi connectivity index (χ3n) is 3.35. The van der Waals surface area contributed by atoms with Crippen LogP contribution < -0.4 is 0 Å². The average Bonchev–Trinajstić information content (AvgIpc) is 2.14. The van der Waals surface area contributed by atoms with Gasteiger partial charge in [0.1, 0.15) is 0 Å². The zero-order chi connectivity index (χ0) is 14.7. The zero-order valence-corrected chi connectivity index (χ0v) is 16.1. The van der Waals surface area contributed by atoms with Gasteiger partial charge in [-0.2, -0.15) is 0 Å². The quantitative estimate of drug-likeness (QED) is 0.423. The minimum absolute atomic E-state index is 0.405. The lowest BCUT2D eigenvalue weighted by Crippen LogP contribution is -2.48. The van der Waals surface area contributed by atoms with Crippen molar-refractivity contribution in [3.63, 3.8) is 0 Å². The van der Waals surface area contributed by atoms with Crippen molar-refractivity contribution in [3.05, 3.63) is 0 Å². The molecule has 0 rings (SSSR count). The van der Waals surface area contributed by atoms with E-state index in [0.29, 0.717) is 17.1 Å². The topological polar surface area (TPSA) is 6.25 Å². The molecule has 0 aromatic rings. The summed E-state index contributed by atoms with van der Waals surface area (Å²) in [5.41, 5.74) is 0. The molecule has 0 saturated heterocycles. The van der Waals surface area contributed by atoms with Crippen LogP contribution in [0.25, 0.3) is 0 Å². The van der Waals surface area contributed by atoms with Crippen molar-refractivity contribution in [2.75, 3.05) is 0 Å². The summed E-state index contributed by atoms with van der Waals surface area (Å²) in [6.45, 7) is 23.5. The Morgan fingerprint density at radius 1 is 1.00 bits per heavy atom. The monoisotopic (exact) mass is 285 g/mol. The first kappa shape index (κ1) is 17.9. The lowest BCUT2D eigenvalue weighted by atomic mass is 10.2. The highest BCUT2D eigenvalue weighted by atomic mass is 28.3. The normalized spacial score (nSPS) is 14.2. The van der Waals surface area contributed by atoms with Crippen LogP contribution in [0.4, 0.5) is 0 Å². The maximum Gasteiger partial charge on any atom is 0.297 e. The van der Waals surface area contributed by atoms with Gasteiger partial charge in [0.2, 0.25) is 6.34 Å². The van der Waals surface area contributed by atoms with Crippen molar-refractivity contribution in [3.8, 4) is 0 Å². The SMILES string of the molecule is CC(C)N(/C=[N+](/C(C)C)[Si](C)C(C)(C)C)[Si](C)C. The van der Waals surface area contributed by atoms with Crippen LogP contribution in [0, 0.1) is 0 Å². The summed E-state index contributed by atoms with van der Waals surface area (Å²) >= 11 is 0. The van der Waals surface area contributed by atoms with Gasteiger partial charge in [-0.3, -0.25) is 0 Å². The maximum absolute atomic E-state index is 2.63. The number of rotatable bonds is 5. The van der Waals surface area contributed by atoms with Gasteiger partial charge in [-0.15, -0.1) is 0 Å². The molecule has 0 aromatic carbocycles. The van der Waals surface area contributed by atoms with E-state index >= 15 is 0 Å². The van der Waals surface area contributed by atoms with E-state index in [1.807, 2.05) is 0 Å². The first-order chi connectivity index (χ1) is 7.98. The maximum atomic E-state index is 2.63.